The van der Waals surface area contributed by atoms with Crippen LogP contribution >= 0.6 is 0 Å². The largest absolute Gasteiger partial charge is 0.324 e. The Kier molecular flexibility index (Phi) is 3.25. The summed E-state index contributed by atoms with van der Waals surface area (Å²) >= 11 is 0. The van der Waals surface area contributed by atoms with Gasteiger partial charge in [0.25, 0.3) is 0 Å². The van der Waals surface area contributed by atoms with Gasteiger partial charge in [-0.3, -0.25) is 4.79 Å². The molecule has 0 bridgehead atoms. The van der Waals surface area contributed by atoms with Gasteiger partial charge in [-0.05, 0) is 44.4 Å². The molecule has 1 fully saturated rings. The number of rotatable bonds is 2. The number of para-hydroxylation sites is 1. The van der Waals surface area contributed by atoms with Gasteiger partial charge in [0.15, 0.2) is 0 Å². The topological polar surface area (TPSA) is 41.1 Å². The van der Waals surface area contributed by atoms with Crippen molar-refractivity contribution in [1.29, 1.82) is 0 Å². The van der Waals surface area contributed by atoms with Gasteiger partial charge in [-0.25, -0.2) is 0 Å². The molecule has 2 rings (SSSR count). The van der Waals surface area contributed by atoms with Crippen molar-refractivity contribution in [3.8, 4) is 0 Å². The molecular weight excluding hydrogens is 200 g/mol. The van der Waals surface area contributed by atoms with Gasteiger partial charge in [0.2, 0.25) is 5.91 Å². The van der Waals surface area contributed by atoms with Gasteiger partial charge in [-0.15, -0.1) is 0 Å². The van der Waals surface area contributed by atoms with E-state index < -0.39 is 0 Å². The molecular formula is C13H18N2O. The summed E-state index contributed by atoms with van der Waals surface area (Å²) in [5.74, 6) is 0.0925. The molecule has 3 heteroatoms. The molecule has 0 spiro atoms. The maximum absolute atomic E-state index is 11.9. The van der Waals surface area contributed by atoms with E-state index >= 15 is 0 Å². The van der Waals surface area contributed by atoms with E-state index in [9.17, 15) is 4.79 Å². The maximum atomic E-state index is 11.9. The normalized spacial score (nSPS) is 19.8. The molecule has 1 aliphatic rings. The molecule has 16 heavy (non-hydrogen) atoms. The minimum absolute atomic E-state index is 0.0148. The minimum atomic E-state index is -0.0148. The first kappa shape index (κ1) is 11.1. The molecule has 1 amide bonds. The summed E-state index contributed by atoms with van der Waals surface area (Å²) < 4.78 is 0. The molecule has 0 aliphatic carbocycles. The second-order valence-corrected chi connectivity index (χ2v) is 4.40. The van der Waals surface area contributed by atoms with Gasteiger partial charge in [0.1, 0.15) is 0 Å². The van der Waals surface area contributed by atoms with Crippen molar-refractivity contribution in [3.05, 3.63) is 29.3 Å². The molecule has 1 saturated heterocycles. The Hall–Kier alpha value is -1.35. The van der Waals surface area contributed by atoms with Crippen molar-refractivity contribution in [3.63, 3.8) is 0 Å². The fraction of sp³-hybridized carbons (Fsp3) is 0.462. The third kappa shape index (κ3) is 2.25. The highest BCUT2D eigenvalue weighted by Crippen LogP contribution is 2.20. The molecule has 0 unspecified atom stereocenters. The Bertz CT molecular complexity index is 375. The van der Waals surface area contributed by atoms with Crippen LogP contribution in [0.25, 0.3) is 0 Å². The van der Waals surface area contributed by atoms with Crippen LogP contribution in [0.4, 0.5) is 5.69 Å². The van der Waals surface area contributed by atoms with Gasteiger partial charge < -0.3 is 10.6 Å². The second-order valence-electron chi connectivity index (χ2n) is 4.40. The zero-order valence-corrected chi connectivity index (χ0v) is 9.84. The first-order chi connectivity index (χ1) is 7.68. The van der Waals surface area contributed by atoms with Gasteiger partial charge in [-0.1, -0.05) is 18.2 Å². The number of anilines is 1. The molecule has 1 aliphatic heterocycles. The number of aryl methyl sites for hydroxylation is 2. The van der Waals surface area contributed by atoms with Gasteiger partial charge in [-0.2, -0.15) is 0 Å². The van der Waals surface area contributed by atoms with Crippen LogP contribution in [-0.2, 0) is 4.79 Å². The molecule has 1 aromatic rings. The van der Waals surface area contributed by atoms with Crippen molar-refractivity contribution in [2.75, 3.05) is 11.9 Å². The Labute approximate surface area is 96.2 Å². The van der Waals surface area contributed by atoms with E-state index in [1.165, 1.54) is 0 Å². The van der Waals surface area contributed by atoms with E-state index in [4.69, 9.17) is 0 Å². The van der Waals surface area contributed by atoms with Gasteiger partial charge >= 0.3 is 0 Å². The maximum Gasteiger partial charge on any atom is 0.241 e. The van der Waals surface area contributed by atoms with Crippen molar-refractivity contribution in [2.24, 2.45) is 0 Å². The van der Waals surface area contributed by atoms with E-state index in [-0.39, 0.29) is 11.9 Å². The monoisotopic (exact) mass is 218 g/mol. The van der Waals surface area contributed by atoms with E-state index in [1.54, 1.807) is 0 Å². The number of carbonyl (C=O) groups is 1. The van der Waals surface area contributed by atoms with Gasteiger partial charge in [0, 0.05) is 5.69 Å². The molecule has 0 saturated carbocycles. The molecule has 1 aromatic carbocycles. The Balaban J connectivity index is 2.11. The Morgan fingerprint density at radius 3 is 2.62 bits per heavy atom. The predicted octanol–water partition coefficient (Wildman–Crippen LogP) is 1.99. The first-order valence-corrected chi connectivity index (χ1v) is 5.79. The summed E-state index contributed by atoms with van der Waals surface area (Å²) in [4.78, 5) is 11.9. The van der Waals surface area contributed by atoms with Crippen LogP contribution in [0.15, 0.2) is 18.2 Å². The number of hydrogen-bond acceptors (Lipinski definition) is 2. The van der Waals surface area contributed by atoms with Crippen LogP contribution in [0.2, 0.25) is 0 Å². The fourth-order valence-electron chi connectivity index (χ4n) is 2.13. The zero-order chi connectivity index (χ0) is 11.5. The van der Waals surface area contributed by atoms with Crippen molar-refractivity contribution in [1.82, 2.24) is 5.32 Å². The number of carbonyl (C=O) groups excluding carboxylic acids is 1. The SMILES string of the molecule is Cc1cccc(C)c1NC(=O)[C@@H]1CCCN1. The van der Waals surface area contributed by atoms with Crippen molar-refractivity contribution >= 4 is 11.6 Å². The second kappa shape index (κ2) is 4.66. The lowest BCUT2D eigenvalue weighted by Gasteiger charge is -2.14. The quantitative estimate of drug-likeness (QED) is 0.797. The van der Waals surface area contributed by atoms with E-state index in [2.05, 4.69) is 10.6 Å². The predicted molar refractivity (Wildman–Crippen MR) is 65.6 cm³/mol. The summed E-state index contributed by atoms with van der Waals surface area (Å²) in [5, 5.41) is 6.22. The third-order valence-electron chi connectivity index (χ3n) is 3.11. The van der Waals surface area contributed by atoms with Crippen molar-refractivity contribution < 1.29 is 4.79 Å². The van der Waals surface area contributed by atoms with Crippen LogP contribution in [-0.4, -0.2) is 18.5 Å². The molecule has 1 atom stereocenters. The van der Waals surface area contributed by atoms with Crippen LogP contribution in [0, 0.1) is 13.8 Å². The zero-order valence-electron chi connectivity index (χ0n) is 9.84. The Morgan fingerprint density at radius 2 is 2.06 bits per heavy atom. The van der Waals surface area contributed by atoms with Crippen LogP contribution in [0.3, 0.4) is 0 Å². The van der Waals surface area contributed by atoms with Gasteiger partial charge in [0.05, 0.1) is 6.04 Å². The highest BCUT2D eigenvalue weighted by molar-refractivity contribution is 5.96. The third-order valence-corrected chi connectivity index (χ3v) is 3.11. The van der Waals surface area contributed by atoms with E-state index in [0.717, 1.165) is 36.2 Å². The minimum Gasteiger partial charge on any atom is -0.324 e. The number of nitrogens with one attached hydrogen (secondary N) is 2. The molecule has 86 valence electrons. The highest BCUT2D eigenvalue weighted by Gasteiger charge is 2.22. The highest BCUT2D eigenvalue weighted by atomic mass is 16.2. The summed E-state index contributed by atoms with van der Waals surface area (Å²) in [6, 6.07) is 6.03. The Morgan fingerprint density at radius 1 is 1.38 bits per heavy atom. The summed E-state index contributed by atoms with van der Waals surface area (Å²) in [6.07, 6.45) is 2.03. The summed E-state index contributed by atoms with van der Waals surface area (Å²) in [7, 11) is 0. The lowest BCUT2D eigenvalue weighted by molar-refractivity contribution is -0.117. The van der Waals surface area contributed by atoms with Crippen LogP contribution < -0.4 is 10.6 Å². The summed E-state index contributed by atoms with van der Waals surface area (Å²) in [6.45, 7) is 4.99. The molecule has 2 N–H and O–H groups in total. The summed E-state index contributed by atoms with van der Waals surface area (Å²) in [5.41, 5.74) is 3.19. The van der Waals surface area contributed by atoms with Crippen molar-refractivity contribution in [2.45, 2.75) is 32.7 Å². The first-order valence-electron chi connectivity index (χ1n) is 5.79. The lowest BCUT2D eigenvalue weighted by Crippen LogP contribution is -2.35. The molecule has 3 nitrogen and oxygen atoms in total. The number of hydrogen-bond donors (Lipinski definition) is 2. The van der Waals surface area contributed by atoms with E-state index in [1.807, 2.05) is 32.0 Å². The van der Waals surface area contributed by atoms with E-state index in [0.29, 0.717) is 0 Å². The molecule has 1 heterocycles. The fourth-order valence-corrected chi connectivity index (χ4v) is 2.13. The average Bonchev–Trinajstić information content (AvgIpc) is 2.76. The van der Waals surface area contributed by atoms with Crippen LogP contribution in [0.5, 0.6) is 0 Å². The van der Waals surface area contributed by atoms with Crippen LogP contribution in [0.1, 0.15) is 24.0 Å². The smallest absolute Gasteiger partial charge is 0.241 e. The molecule has 0 aromatic heterocycles. The lowest BCUT2D eigenvalue weighted by atomic mass is 10.1. The average molecular weight is 218 g/mol. The molecule has 0 radical (unpaired) electrons. The number of amides is 1. The standard InChI is InChI=1S/C13H18N2O/c1-9-5-3-6-10(2)12(9)15-13(16)11-7-4-8-14-11/h3,5-6,11,14H,4,7-8H2,1-2H3,(H,15,16)/t11-/m0/s1. The number of benzene rings is 1.